The predicted molar refractivity (Wildman–Crippen MR) is 123 cm³/mol. The van der Waals surface area contributed by atoms with Gasteiger partial charge in [-0.1, -0.05) is 48.5 Å². The third-order valence-corrected chi connectivity index (χ3v) is 6.55. The molecule has 2 aromatic carbocycles. The van der Waals surface area contributed by atoms with Crippen LogP contribution in [0.3, 0.4) is 0 Å². The predicted octanol–water partition coefficient (Wildman–Crippen LogP) is 2.88. The van der Waals surface area contributed by atoms with Gasteiger partial charge in [0.1, 0.15) is 19.1 Å². The van der Waals surface area contributed by atoms with E-state index in [2.05, 4.69) is 5.32 Å². The second-order valence-electron chi connectivity index (χ2n) is 9.28. The lowest BCUT2D eigenvalue weighted by molar-refractivity contribution is -0.939. The van der Waals surface area contributed by atoms with Crippen molar-refractivity contribution in [2.24, 2.45) is 5.92 Å². The fourth-order valence-corrected chi connectivity index (χ4v) is 4.89. The number of Topliss-reactive ketones (excluding diaryl/α,β-unsaturated/α-hetero) is 1. The van der Waals surface area contributed by atoms with Gasteiger partial charge in [0, 0.05) is 31.4 Å². The molecule has 0 saturated carbocycles. The highest BCUT2D eigenvalue weighted by Gasteiger charge is 2.48. The van der Waals surface area contributed by atoms with Crippen LogP contribution in [0.2, 0.25) is 0 Å². The Morgan fingerprint density at radius 3 is 2.06 bits per heavy atom. The van der Waals surface area contributed by atoms with Crippen molar-refractivity contribution in [2.75, 3.05) is 31.5 Å². The molecule has 0 aliphatic carbocycles. The second kappa shape index (κ2) is 11.6. The Labute approximate surface area is 207 Å². The van der Waals surface area contributed by atoms with Crippen molar-refractivity contribution in [1.82, 2.24) is 0 Å². The molecule has 0 spiro atoms. The standard InChI is InChI=1S/C24H29N2O3.C2HF3O2/c1-18(27)16-26-14-12-19(13-15-26)22(17-26)29-24(28)23(20-8-4-2-5-9-20)25-21-10-6-3-7-11-21;3-2(4,5)1(6)7/h2-11,19,22-23,25H,12-17H2,1H3;(H,6,7)/q+1;/p-1/t19?,22-,23?,26?;/m0./s1. The van der Waals surface area contributed by atoms with Crippen molar-refractivity contribution >= 4 is 23.4 Å². The summed E-state index contributed by atoms with van der Waals surface area (Å²) in [5.41, 5.74) is 1.77. The topological polar surface area (TPSA) is 95.5 Å². The Morgan fingerprint density at radius 2 is 1.56 bits per heavy atom. The molecule has 194 valence electrons. The number of ketones is 1. The number of rotatable bonds is 7. The van der Waals surface area contributed by atoms with E-state index >= 15 is 0 Å². The number of piperidine rings is 3. The van der Waals surface area contributed by atoms with E-state index in [0.717, 1.165) is 48.2 Å². The minimum Gasteiger partial charge on any atom is -0.542 e. The number of nitrogens with zero attached hydrogens (tertiary/aromatic N) is 1. The molecule has 1 unspecified atom stereocenters. The van der Waals surface area contributed by atoms with E-state index in [0.29, 0.717) is 12.5 Å². The third-order valence-electron chi connectivity index (χ3n) is 6.55. The number of ether oxygens (including phenoxy) is 1. The lowest BCUT2D eigenvalue weighted by Gasteiger charge is -2.51. The Kier molecular flexibility index (Phi) is 8.73. The number of carbonyl (C=O) groups excluding carboxylic acids is 3. The van der Waals surface area contributed by atoms with Gasteiger partial charge in [-0.2, -0.15) is 13.2 Å². The van der Waals surface area contributed by atoms with Crippen LogP contribution >= 0.6 is 0 Å². The van der Waals surface area contributed by atoms with Gasteiger partial charge in [-0.15, -0.1) is 0 Å². The summed E-state index contributed by atoms with van der Waals surface area (Å²) in [6.07, 6.45) is -3.27. The van der Waals surface area contributed by atoms with Gasteiger partial charge in [-0.05, 0) is 17.7 Å². The molecular weight excluding hydrogens is 477 g/mol. The molecule has 3 fully saturated rings. The van der Waals surface area contributed by atoms with E-state index in [9.17, 15) is 22.8 Å². The highest BCUT2D eigenvalue weighted by molar-refractivity contribution is 5.81. The largest absolute Gasteiger partial charge is 0.542 e. The Morgan fingerprint density at radius 1 is 1.03 bits per heavy atom. The van der Waals surface area contributed by atoms with Crippen LogP contribution in [0.15, 0.2) is 60.7 Å². The van der Waals surface area contributed by atoms with Gasteiger partial charge in [-0.3, -0.25) is 4.79 Å². The van der Waals surface area contributed by atoms with Crippen LogP contribution in [0.1, 0.15) is 31.4 Å². The number of carboxylic acid groups (broad SMARTS) is 1. The first kappa shape index (κ1) is 27.2. The molecule has 2 atom stereocenters. The van der Waals surface area contributed by atoms with Gasteiger partial charge in [0.05, 0.1) is 13.1 Å². The Bertz CT molecular complexity index is 1040. The molecule has 7 nitrogen and oxygen atoms in total. The lowest BCUT2D eigenvalue weighted by Crippen LogP contribution is -2.65. The molecule has 0 aromatic heterocycles. The summed E-state index contributed by atoms with van der Waals surface area (Å²) in [7, 11) is 0. The van der Waals surface area contributed by atoms with Crippen LogP contribution < -0.4 is 10.4 Å². The van der Waals surface area contributed by atoms with Gasteiger partial charge in [0.25, 0.3) is 0 Å². The molecule has 5 rings (SSSR count). The highest BCUT2D eigenvalue weighted by atomic mass is 19.4. The minimum atomic E-state index is -5.19. The number of para-hydroxylation sites is 1. The highest BCUT2D eigenvalue weighted by Crippen LogP contribution is 2.36. The van der Waals surface area contributed by atoms with Crippen molar-refractivity contribution in [2.45, 2.75) is 38.1 Å². The van der Waals surface area contributed by atoms with Crippen LogP contribution in [0, 0.1) is 5.92 Å². The number of quaternary nitrogens is 1. The number of nitrogens with one attached hydrogen (secondary N) is 1. The van der Waals surface area contributed by atoms with Gasteiger partial charge in [0.2, 0.25) is 0 Å². The van der Waals surface area contributed by atoms with Crippen LogP contribution in [-0.2, 0) is 19.1 Å². The number of aliphatic carboxylic acids is 1. The van der Waals surface area contributed by atoms with E-state index in [4.69, 9.17) is 14.6 Å². The molecule has 3 aliphatic heterocycles. The molecule has 0 amide bonds. The molecule has 3 heterocycles. The number of hydrogen-bond donors (Lipinski definition) is 1. The first-order valence-corrected chi connectivity index (χ1v) is 11.7. The summed E-state index contributed by atoms with van der Waals surface area (Å²) in [6.45, 7) is 4.99. The Balaban J connectivity index is 0.000000454. The molecular formula is C26H29F3N2O5. The van der Waals surface area contributed by atoms with Gasteiger partial charge in [-0.25, -0.2) is 4.79 Å². The van der Waals surface area contributed by atoms with Gasteiger partial charge in [0.15, 0.2) is 17.9 Å². The number of carbonyl (C=O) groups is 3. The number of carboxylic acids is 1. The maximum absolute atomic E-state index is 13.3. The monoisotopic (exact) mass is 506 g/mol. The molecule has 10 heteroatoms. The zero-order valence-corrected chi connectivity index (χ0v) is 19.9. The molecule has 3 saturated heterocycles. The summed E-state index contributed by atoms with van der Waals surface area (Å²) in [4.78, 5) is 33.8. The smallest absolute Gasteiger partial charge is 0.430 e. The van der Waals surface area contributed by atoms with Crippen LogP contribution in [0.4, 0.5) is 18.9 Å². The Hall–Kier alpha value is -3.40. The van der Waals surface area contributed by atoms with Crippen LogP contribution in [0.5, 0.6) is 0 Å². The summed E-state index contributed by atoms with van der Waals surface area (Å²) in [5, 5.41) is 12.1. The maximum Gasteiger partial charge on any atom is 0.430 e. The SMILES string of the molecule is CC(=O)C[N+]12CCC(CC1)[C@@H](OC(=O)C(Nc1ccccc1)c1ccccc1)C2.O=C([O-])C(F)(F)F. The van der Waals surface area contributed by atoms with E-state index in [1.165, 1.54) is 0 Å². The minimum absolute atomic E-state index is 0.117. The normalized spacial score (nSPS) is 23.6. The van der Waals surface area contributed by atoms with Crippen LogP contribution in [0.25, 0.3) is 0 Å². The van der Waals surface area contributed by atoms with E-state index in [1.54, 1.807) is 6.92 Å². The molecule has 1 N–H and O–H groups in total. The van der Waals surface area contributed by atoms with Crippen molar-refractivity contribution < 1.29 is 41.9 Å². The van der Waals surface area contributed by atoms with Crippen molar-refractivity contribution in [3.8, 4) is 0 Å². The number of halogens is 3. The summed E-state index contributed by atoms with van der Waals surface area (Å²) >= 11 is 0. The first-order valence-electron chi connectivity index (χ1n) is 11.7. The first-order chi connectivity index (χ1) is 17.0. The van der Waals surface area contributed by atoms with E-state index in [1.807, 2.05) is 60.7 Å². The molecule has 36 heavy (non-hydrogen) atoms. The van der Waals surface area contributed by atoms with Crippen molar-refractivity contribution in [3.63, 3.8) is 0 Å². The zero-order chi connectivity index (χ0) is 26.3. The molecule has 2 aromatic rings. The summed E-state index contributed by atoms with van der Waals surface area (Å²) < 4.78 is 38.4. The van der Waals surface area contributed by atoms with Crippen molar-refractivity contribution in [3.05, 3.63) is 66.2 Å². The number of benzene rings is 2. The molecule has 3 aliphatic rings. The summed E-state index contributed by atoms with van der Waals surface area (Å²) in [5.74, 6) is -2.64. The lowest BCUT2D eigenvalue weighted by atomic mass is 9.83. The zero-order valence-electron chi connectivity index (χ0n) is 19.9. The van der Waals surface area contributed by atoms with E-state index in [-0.39, 0.29) is 17.9 Å². The van der Waals surface area contributed by atoms with Crippen molar-refractivity contribution in [1.29, 1.82) is 0 Å². The van der Waals surface area contributed by atoms with Gasteiger partial charge < -0.3 is 24.4 Å². The average molecular weight is 507 g/mol. The maximum atomic E-state index is 13.3. The van der Waals surface area contributed by atoms with E-state index < -0.39 is 18.2 Å². The average Bonchev–Trinajstić information content (AvgIpc) is 2.83. The number of hydrogen-bond acceptors (Lipinski definition) is 6. The molecule has 2 bridgehead atoms. The summed E-state index contributed by atoms with van der Waals surface area (Å²) in [6, 6.07) is 18.9. The molecule has 0 radical (unpaired) electrons. The quantitative estimate of drug-likeness (QED) is 0.459. The number of esters is 1. The number of fused-ring (bicyclic) bond motifs is 3. The number of anilines is 1. The van der Waals surface area contributed by atoms with Gasteiger partial charge >= 0.3 is 12.1 Å². The fourth-order valence-electron chi connectivity index (χ4n) is 4.89. The third kappa shape index (κ3) is 7.30. The van der Waals surface area contributed by atoms with Crippen LogP contribution in [-0.4, -0.2) is 60.7 Å². The fraction of sp³-hybridized carbons (Fsp3) is 0.423. The number of alkyl halides is 3. The second-order valence-corrected chi connectivity index (χ2v) is 9.28.